The van der Waals surface area contributed by atoms with E-state index >= 15 is 0 Å². The molecule has 1 fully saturated rings. The fourth-order valence-corrected chi connectivity index (χ4v) is 2.24. The molecule has 0 radical (unpaired) electrons. The van der Waals surface area contributed by atoms with Gasteiger partial charge in [0.15, 0.2) is 0 Å². The summed E-state index contributed by atoms with van der Waals surface area (Å²) in [6.45, 7) is 10.6. The monoisotopic (exact) mass is 234 g/mol. The third-order valence-electron chi connectivity index (χ3n) is 3.30. The average Bonchev–Trinajstić information content (AvgIpc) is 2.42. The molecule has 0 saturated carbocycles. The minimum Gasteiger partial charge on any atom is -0.371 e. The molecule has 2 heterocycles. The third-order valence-corrected chi connectivity index (χ3v) is 3.30. The molecule has 1 aromatic rings. The first-order valence-corrected chi connectivity index (χ1v) is 6.51. The highest BCUT2D eigenvalue weighted by molar-refractivity contribution is 5.50. The van der Waals surface area contributed by atoms with Gasteiger partial charge in [0.2, 0.25) is 0 Å². The van der Waals surface area contributed by atoms with E-state index in [9.17, 15) is 0 Å². The second-order valence-corrected chi connectivity index (χ2v) is 4.28. The summed E-state index contributed by atoms with van der Waals surface area (Å²) in [6, 6.07) is 4.32. The van der Waals surface area contributed by atoms with Crippen molar-refractivity contribution in [3.05, 3.63) is 18.3 Å². The molecule has 0 bridgehead atoms. The summed E-state index contributed by atoms with van der Waals surface area (Å²) >= 11 is 0. The molecule has 1 aromatic heterocycles. The molecule has 0 unspecified atom stereocenters. The van der Waals surface area contributed by atoms with Crippen LogP contribution in [0.4, 0.5) is 11.5 Å². The van der Waals surface area contributed by atoms with E-state index in [0.717, 1.165) is 45.1 Å². The minimum absolute atomic E-state index is 1.03. The number of hydrogen-bond donors (Lipinski definition) is 1. The number of rotatable bonds is 4. The molecule has 1 aliphatic rings. The lowest BCUT2D eigenvalue weighted by molar-refractivity contribution is 0.585. The maximum absolute atomic E-state index is 4.58. The number of aromatic nitrogens is 1. The van der Waals surface area contributed by atoms with Gasteiger partial charge in [-0.25, -0.2) is 4.98 Å². The van der Waals surface area contributed by atoms with Gasteiger partial charge in [0.1, 0.15) is 5.82 Å². The first-order chi connectivity index (χ1) is 8.35. The number of piperazine rings is 1. The van der Waals surface area contributed by atoms with Crippen molar-refractivity contribution in [2.24, 2.45) is 0 Å². The Labute approximate surface area is 104 Å². The normalized spacial score (nSPS) is 16.0. The largest absolute Gasteiger partial charge is 0.371 e. The van der Waals surface area contributed by atoms with Gasteiger partial charge in [0, 0.05) is 39.3 Å². The average molecular weight is 234 g/mol. The Bertz CT molecular complexity index is 326. The molecule has 1 aliphatic heterocycles. The van der Waals surface area contributed by atoms with Crippen molar-refractivity contribution in [1.29, 1.82) is 0 Å². The first kappa shape index (κ1) is 12.2. The number of nitrogens with one attached hydrogen (secondary N) is 1. The van der Waals surface area contributed by atoms with Gasteiger partial charge in [-0.05, 0) is 26.0 Å². The number of pyridine rings is 1. The van der Waals surface area contributed by atoms with Gasteiger partial charge in [0.05, 0.1) is 11.9 Å². The molecule has 1 N–H and O–H groups in total. The van der Waals surface area contributed by atoms with Crippen LogP contribution in [0.3, 0.4) is 0 Å². The maximum atomic E-state index is 4.58. The summed E-state index contributed by atoms with van der Waals surface area (Å²) in [6.07, 6.45) is 1.99. The zero-order valence-electron chi connectivity index (χ0n) is 10.8. The molecule has 0 spiro atoms. The van der Waals surface area contributed by atoms with Crippen molar-refractivity contribution in [3.8, 4) is 0 Å². The lowest BCUT2D eigenvalue weighted by atomic mass is 10.3. The fourth-order valence-electron chi connectivity index (χ4n) is 2.24. The topological polar surface area (TPSA) is 31.4 Å². The summed E-state index contributed by atoms with van der Waals surface area (Å²) in [5.74, 6) is 1.10. The Morgan fingerprint density at radius 2 is 1.94 bits per heavy atom. The van der Waals surface area contributed by atoms with Crippen LogP contribution < -0.4 is 15.1 Å². The Balaban J connectivity index is 2.06. The quantitative estimate of drug-likeness (QED) is 0.852. The van der Waals surface area contributed by atoms with Crippen molar-refractivity contribution < 1.29 is 0 Å². The van der Waals surface area contributed by atoms with Crippen LogP contribution in [0.25, 0.3) is 0 Å². The van der Waals surface area contributed by atoms with Gasteiger partial charge >= 0.3 is 0 Å². The van der Waals surface area contributed by atoms with E-state index < -0.39 is 0 Å². The molecule has 1 saturated heterocycles. The molecule has 17 heavy (non-hydrogen) atoms. The van der Waals surface area contributed by atoms with E-state index in [2.05, 4.69) is 46.1 Å². The van der Waals surface area contributed by atoms with Crippen molar-refractivity contribution in [3.63, 3.8) is 0 Å². The molecular weight excluding hydrogens is 212 g/mol. The standard InChI is InChI=1S/C13H22N4/c1-3-16(4-2)12-5-6-13(15-11-12)17-9-7-14-8-10-17/h5-6,11,14H,3-4,7-10H2,1-2H3. The van der Waals surface area contributed by atoms with E-state index in [1.54, 1.807) is 0 Å². The molecule has 2 rings (SSSR count). The molecule has 0 aromatic carbocycles. The van der Waals surface area contributed by atoms with Crippen molar-refractivity contribution in [2.75, 3.05) is 49.1 Å². The molecule has 0 aliphatic carbocycles. The van der Waals surface area contributed by atoms with Gasteiger partial charge in [-0.15, -0.1) is 0 Å². The molecule has 4 heteroatoms. The Morgan fingerprint density at radius 1 is 1.24 bits per heavy atom. The van der Waals surface area contributed by atoms with Gasteiger partial charge in [-0.2, -0.15) is 0 Å². The number of nitrogens with zero attached hydrogens (tertiary/aromatic N) is 3. The molecular formula is C13H22N4. The molecule has 4 nitrogen and oxygen atoms in total. The van der Waals surface area contributed by atoms with Gasteiger partial charge in [0.25, 0.3) is 0 Å². The first-order valence-electron chi connectivity index (χ1n) is 6.51. The summed E-state index contributed by atoms with van der Waals surface area (Å²) < 4.78 is 0. The van der Waals surface area contributed by atoms with Crippen LogP contribution in [-0.2, 0) is 0 Å². The number of anilines is 2. The van der Waals surface area contributed by atoms with E-state index in [4.69, 9.17) is 0 Å². The highest BCUT2D eigenvalue weighted by atomic mass is 15.2. The highest BCUT2D eigenvalue weighted by Gasteiger charge is 2.11. The highest BCUT2D eigenvalue weighted by Crippen LogP contribution is 2.17. The molecule has 94 valence electrons. The molecule has 0 amide bonds. The van der Waals surface area contributed by atoms with Crippen molar-refractivity contribution >= 4 is 11.5 Å². The van der Waals surface area contributed by atoms with E-state index in [1.165, 1.54) is 5.69 Å². The van der Waals surface area contributed by atoms with Gasteiger partial charge in [-0.3, -0.25) is 0 Å². The third kappa shape index (κ3) is 2.88. The van der Waals surface area contributed by atoms with Crippen LogP contribution in [0.15, 0.2) is 18.3 Å². The Hall–Kier alpha value is -1.29. The van der Waals surface area contributed by atoms with Crippen LogP contribution >= 0.6 is 0 Å². The van der Waals surface area contributed by atoms with Crippen molar-refractivity contribution in [2.45, 2.75) is 13.8 Å². The zero-order valence-corrected chi connectivity index (χ0v) is 10.8. The lowest BCUT2D eigenvalue weighted by Crippen LogP contribution is -2.43. The minimum atomic E-state index is 1.03. The zero-order chi connectivity index (χ0) is 12.1. The second-order valence-electron chi connectivity index (χ2n) is 4.28. The van der Waals surface area contributed by atoms with Crippen LogP contribution in [0, 0.1) is 0 Å². The maximum Gasteiger partial charge on any atom is 0.128 e. The Morgan fingerprint density at radius 3 is 2.47 bits per heavy atom. The van der Waals surface area contributed by atoms with Crippen LogP contribution in [0.1, 0.15) is 13.8 Å². The number of hydrogen-bond acceptors (Lipinski definition) is 4. The summed E-state index contributed by atoms with van der Waals surface area (Å²) in [5.41, 5.74) is 1.22. The summed E-state index contributed by atoms with van der Waals surface area (Å²) in [7, 11) is 0. The van der Waals surface area contributed by atoms with E-state index in [0.29, 0.717) is 0 Å². The second kappa shape index (κ2) is 5.87. The van der Waals surface area contributed by atoms with Crippen LogP contribution in [0.2, 0.25) is 0 Å². The lowest BCUT2D eigenvalue weighted by Gasteiger charge is -2.29. The van der Waals surface area contributed by atoms with E-state index in [-0.39, 0.29) is 0 Å². The predicted octanol–water partition coefficient (Wildman–Crippen LogP) is 1.34. The van der Waals surface area contributed by atoms with Crippen LogP contribution in [0.5, 0.6) is 0 Å². The Kier molecular flexibility index (Phi) is 4.20. The SMILES string of the molecule is CCN(CC)c1ccc(N2CCNCC2)nc1. The fraction of sp³-hybridized carbons (Fsp3) is 0.615. The van der Waals surface area contributed by atoms with Gasteiger partial charge < -0.3 is 15.1 Å². The predicted molar refractivity (Wildman–Crippen MR) is 72.9 cm³/mol. The molecule has 0 atom stereocenters. The smallest absolute Gasteiger partial charge is 0.128 e. The summed E-state index contributed by atoms with van der Waals surface area (Å²) in [4.78, 5) is 9.23. The van der Waals surface area contributed by atoms with Crippen LogP contribution in [-0.4, -0.2) is 44.3 Å². The van der Waals surface area contributed by atoms with Crippen molar-refractivity contribution in [1.82, 2.24) is 10.3 Å². The van der Waals surface area contributed by atoms with Gasteiger partial charge in [-0.1, -0.05) is 0 Å². The summed E-state index contributed by atoms with van der Waals surface area (Å²) in [5, 5.41) is 3.35. The van der Waals surface area contributed by atoms with E-state index in [1.807, 2.05) is 6.20 Å².